The van der Waals surface area contributed by atoms with E-state index >= 15 is 0 Å². The van der Waals surface area contributed by atoms with Crippen molar-refractivity contribution < 1.29 is 37.7 Å². The van der Waals surface area contributed by atoms with Crippen molar-refractivity contribution in [3.05, 3.63) is 107 Å². The first-order valence-corrected chi connectivity index (χ1v) is 8.93. The Morgan fingerprint density at radius 3 is 1.32 bits per heavy atom. The van der Waals surface area contributed by atoms with Crippen LogP contribution in [0.3, 0.4) is 0 Å². The molecule has 2 nitrogen and oxygen atoms in total. The van der Waals surface area contributed by atoms with Crippen LogP contribution in [0.5, 0.6) is 0 Å². The van der Waals surface area contributed by atoms with Crippen LogP contribution in [-0.4, -0.2) is 9.97 Å². The van der Waals surface area contributed by atoms with E-state index in [0.717, 1.165) is 35.4 Å². The maximum Gasteiger partial charge on any atom is 0.0408 e. The Hall–Kier alpha value is -2.89. The molecule has 4 aromatic rings. The molecule has 2 aromatic carbocycles. The summed E-state index contributed by atoms with van der Waals surface area (Å²) in [6.45, 7) is 3.78. The first kappa shape index (κ1) is 24.4. The Morgan fingerprint density at radius 2 is 1.03 bits per heavy atom. The Bertz CT molecular complexity index is 1050. The molecular weight excluding hydrogens is 584 g/mol. The average Bonchev–Trinajstić information content (AvgIpc) is 2.70. The van der Waals surface area contributed by atoms with Crippen LogP contribution in [0.15, 0.2) is 60.9 Å². The van der Waals surface area contributed by atoms with Gasteiger partial charge in [-0.1, -0.05) is 47.5 Å². The zero-order chi connectivity index (χ0) is 21.7. The molecular formula is C24H16F4IrN2-2. The van der Waals surface area contributed by atoms with Gasteiger partial charge in [0.05, 0.1) is 0 Å². The quantitative estimate of drug-likeness (QED) is 0.200. The van der Waals surface area contributed by atoms with Gasteiger partial charge in [-0.3, -0.25) is 17.6 Å². The number of halogens is 4. The van der Waals surface area contributed by atoms with Crippen molar-refractivity contribution in [3.8, 4) is 22.5 Å². The molecule has 2 heterocycles. The number of rotatable bonds is 2. The van der Waals surface area contributed by atoms with Gasteiger partial charge < -0.3 is 9.97 Å². The van der Waals surface area contributed by atoms with Crippen molar-refractivity contribution in [2.45, 2.75) is 13.8 Å². The third-order valence-electron chi connectivity index (χ3n) is 4.05. The minimum atomic E-state index is -0.647. The number of pyridine rings is 2. The molecule has 161 valence electrons. The summed E-state index contributed by atoms with van der Waals surface area (Å²) >= 11 is 0. The summed E-state index contributed by atoms with van der Waals surface area (Å²) < 4.78 is 51.9. The Balaban J connectivity index is 0.000000213. The minimum absolute atomic E-state index is 0. The molecule has 0 saturated carbocycles. The predicted molar refractivity (Wildman–Crippen MR) is 106 cm³/mol. The second kappa shape index (κ2) is 10.9. The van der Waals surface area contributed by atoms with E-state index in [4.69, 9.17) is 0 Å². The standard InChI is InChI=1S/2C12H8F2N.Ir/c2*1-8-2-5-12(15-7-8)10-4-3-9(13)6-11(10)14;/h2*2-3,5-7H,1H3;/q2*-1;. The fourth-order valence-electron chi connectivity index (χ4n) is 2.51. The Kier molecular flexibility index (Phi) is 8.60. The molecule has 0 atom stereocenters. The number of aromatic nitrogens is 2. The van der Waals surface area contributed by atoms with Crippen LogP contribution < -0.4 is 0 Å². The SMILES string of the molecule is Cc1ccc(-c2[c-]cc(F)cc2F)nc1.Cc1ccc(-c2[c-]cc(F)cc2F)nc1.[Ir]. The van der Waals surface area contributed by atoms with E-state index in [1.807, 2.05) is 26.0 Å². The van der Waals surface area contributed by atoms with Gasteiger partial charge in [-0.05, 0) is 36.4 Å². The van der Waals surface area contributed by atoms with Gasteiger partial charge in [-0.2, -0.15) is 0 Å². The smallest absolute Gasteiger partial charge is 0.0408 e. The first-order valence-electron chi connectivity index (χ1n) is 8.93. The van der Waals surface area contributed by atoms with Gasteiger partial charge in [0.2, 0.25) is 0 Å². The molecule has 1 radical (unpaired) electrons. The molecule has 7 heteroatoms. The average molecular weight is 601 g/mol. The predicted octanol–water partition coefficient (Wildman–Crippen LogP) is 6.27. The van der Waals surface area contributed by atoms with Gasteiger partial charge in [0.25, 0.3) is 0 Å². The van der Waals surface area contributed by atoms with E-state index in [1.54, 1.807) is 24.5 Å². The van der Waals surface area contributed by atoms with Gasteiger partial charge in [0.15, 0.2) is 0 Å². The summed E-state index contributed by atoms with van der Waals surface area (Å²) in [6.07, 6.45) is 3.26. The van der Waals surface area contributed by atoms with Crippen LogP contribution in [0.25, 0.3) is 22.5 Å². The summed E-state index contributed by atoms with van der Waals surface area (Å²) in [5.74, 6) is -2.57. The topological polar surface area (TPSA) is 25.8 Å². The molecule has 0 spiro atoms. The summed E-state index contributed by atoms with van der Waals surface area (Å²) in [7, 11) is 0. The summed E-state index contributed by atoms with van der Waals surface area (Å²) in [5.41, 5.74) is 3.27. The molecule has 2 aromatic heterocycles. The maximum absolute atomic E-state index is 13.3. The molecule has 0 N–H and O–H groups in total. The van der Waals surface area contributed by atoms with Gasteiger partial charge in [0, 0.05) is 55.8 Å². The van der Waals surface area contributed by atoms with Gasteiger partial charge in [0.1, 0.15) is 0 Å². The van der Waals surface area contributed by atoms with Gasteiger partial charge >= 0.3 is 0 Å². The fourth-order valence-corrected chi connectivity index (χ4v) is 2.51. The number of aryl methyl sites for hydroxylation is 2. The Morgan fingerprint density at radius 1 is 0.645 bits per heavy atom. The van der Waals surface area contributed by atoms with Crippen LogP contribution in [0.2, 0.25) is 0 Å². The summed E-state index contributed by atoms with van der Waals surface area (Å²) in [6, 6.07) is 15.9. The molecule has 31 heavy (non-hydrogen) atoms. The minimum Gasteiger partial charge on any atom is -0.304 e. The normalized spacial score (nSPS) is 10.0. The molecule has 0 aliphatic rings. The van der Waals surface area contributed by atoms with Crippen LogP contribution >= 0.6 is 0 Å². The van der Waals surface area contributed by atoms with E-state index < -0.39 is 23.3 Å². The van der Waals surface area contributed by atoms with E-state index in [9.17, 15) is 17.6 Å². The van der Waals surface area contributed by atoms with Crippen molar-refractivity contribution in [2.24, 2.45) is 0 Å². The van der Waals surface area contributed by atoms with E-state index in [0.29, 0.717) is 11.4 Å². The molecule has 0 fully saturated rings. The zero-order valence-electron chi connectivity index (χ0n) is 16.5. The summed E-state index contributed by atoms with van der Waals surface area (Å²) in [4.78, 5) is 8.09. The molecule has 4 rings (SSSR count). The Labute approximate surface area is 191 Å². The van der Waals surface area contributed by atoms with E-state index in [1.165, 1.54) is 0 Å². The third kappa shape index (κ3) is 6.54. The number of benzene rings is 2. The zero-order valence-corrected chi connectivity index (χ0v) is 18.9. The van der Waals surface area contributed by atoms with E-state index in [2.05, 4.69) is 22.1 Å². The van der Waals surface area contributed by atoms with Crippen molar-refractivity contribution in [2.75, 3.05) is 0 Å². The van der Waals surface area contributed by atoms with Crippen molar-refractivity contribution in [1.82, 2.24) is 9.97 Å². The maximum atomic E-state index is 13.3. The third-order valence-corrected chi connectivity index (χ3v) is 4.05. The van der Waals surface area contributed by atoms with Crippen LogP contribution in [0.1, 0.15) is 11.1 Å². The molecule has 0 aliphatic heterocycles. The van der Waals surface area contributed by atoms with Crippen LogP contribution in [0, 0.1) is 49.2 Å². The van der Waals surface area contributed by atoms with Gasteiger partial charge in [-0.15, -0.1) is 24.3 Å². The van der Waals surface area contributed by atoms with Crippen LogP contribution in [0.4, 0.5) is 17.6 Å². The second-order valence-corrected chi connectivity index (χ2v) is 6.52. The molecule has 0 amide bonds. The number of hydrogen-bond donors (Lipinski definition) is 0. The largest absolute Gasteiger partial charge is 0.304 e. The van der Waals surface area contributed by atoms with Crippen molar-refractivity contribution >= 4 is 0 Å². The second-order valence-electron chi connectivity index (χ2n) is 6.52. The number of hydrogen-bond acceptors (Lipinski definition) is 2. The monoisotopic (exact) mass is 601 g/mol. The number of nitrogens with zero attached hydrogens (tertiary/aromatic N) is 2. The molecule has 0 saturated heterocycles. The molecule has 0 bridgehead atoms. The molecule has 0 unspecified atom stereocenters. The van der Waals surface area contributed by atoms with Gasteiger partial charge in [-0.25, -0.2) is 0 Å². The van der Waals surface area contributed by atoms with E-state index in [-0.39, 0.29) is 31.2 Å². The first-order chi connectivity index (χ1) is 14.3. The fraction of sp³-hybridized carbons (Fsp3) is 0.0833. The van der Waals surface area contributed by atoms with Crippen molar-refractivity contribution in [3.63, 3.8) is 0 Å². The molecule has 0 aliphatic carbocycles. The van der Waals surface area contributed by atoms with Crippen molar-refractivity contribution in [1.29, 1.82) is 0 Å². The van der Waals surface area contributed by atoms with Crippen LogP contribution in [-0.2, 0) is 20.1 Å². The summed E-state index contributed by atoms with van der Waals surface area (Å²) in [5, 5.41) is 0.